The van der Waals surface area contributed by atoms with E-state index in [9.17, 15) is 9.90 Å². The Morgan fingerprint density at radius 3 is 1.91 bits per heavy atom. The number of carbonyl (C=O) groups is 1. The van der Waals surface area contributed by atoms with E-state index >= 15 is 0 Å². The highest BCUT2D eigenvalue weighted by Crippen LogP contribution is 2.23. The van der Waals surface area contributed by atoms with Crippen LogP contribution in [0.15, 0.2) is 0 Å². The first-order chi connectivity index (χ1) is 4.77. The Bertz CT molecular complexity index is 131. The van der Waals surface area contributed by atoms with Crippen LogP contribution in [-0.4, -0.2) is 17.0 Å². The molecule has 66 valence electrons. The lowest BCUT2D eigenvalue weighted by Gasteiger charge is -2.22. The molecule has 0 radical (unpaired) electrons. The molecule has 0 aliphatic carbocycles. The summed E-state index contributed by atoms with van der Waals surface area (Å²) in [5, 5.41) is 9.36. The predicted octanol–water partition coefficient (Wildman–Crippen LogP) is 1.76. The Kier molecular flexibility index (Phi) is 3.24. The Morgan fingerprint density at radius 2 is 1.64 bits per heavy atom. The van der Waals surface area contributed by atoms with E-state index in [1.165, 1.54) is 0 Å². The van der Waals surface area contributed by atoms with Gasteiger partial charge in [0, 0.05) is 5.41 Å². The third kappa shape index (κ3) is 6.05. The van der Waals surface area contributed by atoms with Crippen molar-refractivity contribution in [1.82, 2.24) is 0 Å². The van der Waals surface area contributed by atoms with Crippen LogP contribution in [0.5, 0.6) is 0 Å². The zero-order valence-electron chi connectivity index (χ0n) is 7.85. The molecule has 0 saturated carbocycles. The molecular weight excluding hydrogens is 140 g/mol. The van der Waals surface area contributed by atoms with Gasteiger partial charge in [-0.3, -0.25) is 0 Å². The van der Waals surface area contributed by atoms with Crippen molar-refractivity contribution in [1.29, 1.82) is 0 Å². The minimum absolute atomic E-state index is 0.292. The third-order valence-corrected chi connectivity index (χ3v) is 1.70. The van der Waals surface area contributed by atoms with Gasteiger partial charge in [0.1, 0.15) is 6.29 Å². The van der Waals surface area contributed by atoms with Crippen LogP contribution in [0, 0.1) is 5.41 Å². The number of hydrogen-bond donors (Lipinski definition) is 1. The maximum atomic E-state index is 10.5. The summed E-state index contributed by atoms with van der Waals surface area (Å²) in [7, 11) is 0. The molecule has 0 spiro atoms. The second kappa shape index (κ2) is 3.35. The first kappa shape index (κ1) is 10.6. The maximum absolute atomic E-state index is 10.5. The fraction of sp³-hybridized carbons (Fsp3) is 0.889. The molecule has 0 heterocycles. The summed E-state index contributed by atoms with van der Waals surface area (Å²) in [6.45, 7) is 7.28. The van der Waals surface area contributed by atoms with Crippen molar-refractivity contribution in [3.63, 3.8) is 0 Å². The minimum Gasteiger partial charge on any atom is -0.390 e. The summed E-state index contributed by atoms with van der Waals surface area (Å²) in [6, 6.07) is 0. The highest BCUT2D eigenvalue weighted by atomic mass is 16.3. The smallest absolute Gasteiger partial charge is 0.125 e. The summed E-state index contributed by atoms with van der Waals surface area (Å²) < 4.78 is 0. The fourth-order valence-corrected chi connectivity index (χ4v) is 0.687. The standard InChI is InChI=1S/C9H18O2/c1-8(2,7-10)5-6-9(3,4)11/h7,11H,5-6H2,1-4H3. The SMILES string of the molecule is CC(C)(O)CCC(C)(C)C=O. The summed E-state index contributed by atoms with van der Waals surface area (Å²) in [5.41, 5.74) is -0.944. The van der Waals surface area contributed by atoms with Gasteiger partial charge >= 0.3 is 0 Å². The van der Waals surface area contributed by atoms with Crippen molar-refractivity contribution in [2.75, 3.05) is 0 Å². The number of rotatable bonds is 4. The lowest BCUT2D eigenvalue weighted by molar-refractivity contribution is -0.115. The zero-order chi connectivity index (χ0) is 9.12. The van der Waals surface area contributed by atoms with Crippen LogP contribution < -0.4 is 0 Å². The van der Waals surface area contributed by atoms with E-state index in [4.69, 9.17) is 0 Å². The van der Waals surface area contributed by atoms with Gasteiger partial charge in [-0.2, -0.15) is 0 Å². The van der Waals surface area contributed by atoms with Crippen LogP contribution in [0.1, 0.15) is 40.5 Å². The molecule has 1 N–H and O–H groups in total. The molecule has 2 heteroatoms. The van der Waals surface area contributed by atoms with Crippen LogP contribution in [0.4, 0.5) is 0 Å². The van der Waals surface area contributed by atoms with Crippen LogP contribution in [-0.2, 0) is 4.79 Å². The van der Waals surface area contributed by atoms with Gasteiger partial charge in [0.05, 0.1) is 5.60 Å². The lowest BCUT2D eigenvalue weighted by atomic mass is 9.86. The Hall–Kier alpha value is -0.370. The lowest BCUT2D eigenvalue weighted by Crippen LogP contribution is -2.23. The fourth-order valence-electron chi connectivity index (χ4n) is 0.687. The number of aldehydes is 1. The second-order valence-electron chi connectivity index (χ2n) is 4.42. The first-order valence-electron chi connectivity index (χ1n) is 3.96. The van der Waals surface area contributed by atoms with Gasteiger partial charge < -0.3 is 9.90 Å². The molecule has 0 amide bonds. The van der Waals surface area contributed by atoms with Crippen LogP contribution in [0.2, 0.25) is 0 Å². The maximum Gasteiger partial charge on any atom is 0.125 e. The molecule has 0 aromatic carbocycles. The zero-order valence-corrected chi connectivity index (χ0v) is 7.85. The van der Waals surface area contributed by atoms with Gasteiger partial charge in [-0.25, -0.2) is 0 Å². The largest absolute Gasteiger partial charge is 0.390 e. The van der Waals surface area contributed by atoms with Gasteiger partial charge in [0.15, 0.2) is 0 Å². The van der Waals surface area contributed by atoms with Crippen molar-refractivity contribution in [2.45, 2.75) is 46.1 Å². The summed E-state index contributed by atoms with van der Waals surface area (Å²) in [5.74, 6) is 0. The molecule has 0 aromatic rings. The first-order valence-corrected chi connectivity index (χ1v) is 3.96. The van der Waals surface area contributed by atoms with Crippen molar-refractivity contribution in [2.24, 2.45) is 5.41 Å². The molecule has 0 fully saturated rings. The summed E-state index contributed by atoms with van der Waals surface area (Å²) >= 11 is 0. The second-order valence-corrected chi connectivity index (χ2v) is 4.42. The van der Waals surface area contributed by atoms with Crippen molar-refractivity contribution in [3.05, 3.63) is 0 Å². The van der Waals surface area contributed by atoms with Crippen LogP contribution in [0.25, 0.3) is 0 Å². The summed E-state index contributed by atoms with van der Waals surface area (Å²) in [6.07, 6.45) is 2.34. The molecule has 0 aliphatic heterocycles. The molecule has 0 rings (SSSR count). The van der Waals surface area contributed by atoms with E-state index in [1.54, 1.807) is 13.8 Å². The van der Waals surface area contributed by atoms with Gasteiger partial charge in [-0.1, -0.05) is 13.8 Å². The highest BCUT2D eigenvalue weighted by Gasteiger charge is 2.21. The van der Waals surface area contributed by atoms with Crippen molar-refractivity contribution in [3.8, 4) is 0 Å². The topological polar surface area (TPSA) is 37.3 Å². The molecule has 11 heavy (non-hydrogen) atoms. The molecule has 0 atom stereocenters. The average molecular weight is 158 g/mol. The number of aliphatic hydroxyl groups is 1. The minimum atomic E-state index is -0.652. The Morgan fingerprint density at radius 1 is 1.18 bits per heavy atom. The molecule has 0 aromatic heterocycles. The number of carbonyl (C=O) groups excluding carboxylic acids is 1. The quantitative estimate of drug-likeness (QED) is 0.633. The molecule has 0 aliphatic rings. The highest BCUT2D eigenvalue weighted by molar-refractivity contribution is 5.57. The van der Waals surface area contributed by atoms with E-state index in [0.717, 1.165) is 12.7 Å². The molecular formula is C9H18O2. The van der Waals surface area contributed by atoms with Gasteiger partial charge in [0.2, 0.25) is 0 Å². The van der Waals surface area contributed by atoms with E-state index in [2.05, 4.69) is 0 Å². The van der Waals surface area contributed by atoms with E-state index in [0.29, 0.717) is 6.42 Å². The van der Waals surface area contributed by atoms with Crippen LogP contribution in [0.3, 0.4) is 0 Å². The average Bonchev–Trinajstić information content (AvgIpc) is 1.83. The number of hydrogen-bond acceptors (Lipinski definition) is 2. The Labute approximate surface area is 68.6 Å². The van der Waals surface area contributed by atoms with E-state index in [-0.39, 0.29) is 5.41 Å². The molecule has 0 unspecified atom stereocenters. The Balaban J connectivity index is 3.79. The van der Waals surface area contributed by atoms with Crippen molar-refractivity contribution < 1.29 is 9.90 Å². The van der Waals surface area contributed by atoms with E-state index < -0.39 is 5.60 Å². The van der Waals surface area contributed by atoms with E-state index in [1.807, 2.05) is 13.8 Å². The van der Waals surface area contributed by atoms with Crippen LogP contribution >= 0.6 is 0 Å². The third-order valence-electron chi connectivity index (χ3n) is 1.70. The molecule has 2 nitrogen and oxygen atoms in total. The summed E-state index contributed by atoms with van der Waals surface area (Å²) in [4.78, 5) is 10.5. The molecule has 0 saturated heterocycles. The normalized spacial score (nSPS) is 13.2. The van der Waals surface area contributed by atoms with Gasteiger partial charge in [0.25, 0.3) is 0 Å². The van der Waals surface area contributed by atoms with Gasteiger partial charge in [-0.05, 0) is 26.7 Å². The molecule has 0 bridgehead atoms. The predicted molar refractivity (Wildman–Crippen MR) is 45.4 cm³/mol. The van der Waals surface area contributed by atoms with Crippen molar-refractivity contribution >= 4 is 6.29 Å². The monoisotopic (exact) mass is 158 g/mol. The van der Waals surface area contributed by atoms with Gasteiger partial charge in [-0.15, -0.1) is 0 Å².